The first-order chi connectivity index (χ1) is 15.0. The van der Waals surface area contributed by atoms with Crippen molar-refractivity contribution < 1.29 is 9.59 Å². The number of rotatable bonds is 5. The van der Waals surface area contributed by atoms with Crippen LogP contribution in [0.2, 0.25) is 0 Å². The van der Waals surface area contributed by atoms with Crippen LogP contribution in [0, 0.1) is 11.8 Å². The summed E-state index contributed by atoms with van der Waals surface area (Å²) in [6.45, 7) is 5.67. The van der Waals surface area contributed by atoms with Crippen molar-refractivity contribution in [3.8, 4) is 0 Å². The van der Waals surface area contributed by atoms with Crippen molar-refractivity contribution in [2.75, 3.05) is 13.1 Å². The Morgan fingerprint density at radius 3 is 2.65 bits per heavy atom. The van der Waals surface area contributed by atoms with Gasteiger partial charge in [-0.05, 0) is 38.0 Å². The quantitative estimate of drug-likeness (QED) is 0.779. The van der Waals surface area contributed by atoms with Crippen LogP contribution in [0.4, 0.5) is 0 Å². The lowest BCUT2D eigenvalue weighted by atomic mass is 9.86. The number of nitrogens with one attached hydrogen (secondary N) is 1. The van der Waals surface area contributed by atoms with Crippen LogP contribution >= 0.6 is 0 Å². The Hall–Kier alpha value is -2.18. The molecular formula is C24H36N4O3. The number of hydrogen-bond donors (Lipinski definition) is 1. The molecule has 3 heterocycles. The number of fused-ring (bicyclic) bond motifs is 1. The summed E-state index contributed by atoms with van der Waals surface area (Å²) in [6, 6.07) is -0.148. The molecule has 31 heavy (non-hydrogen) atoms. The summed E-state index contributed by atoms with van der Waals surface area (Å²) in [5.41, 5.74) is 1.26. The number of nitrogens with zero attached hydrogens (tertiary/aromatic N) is 3. The molecule has 1 N–H and O–H groups in total. The Bertz CT molecular complexity index is 874. The second-order valence-corrected chi connectivity index (χ2v) is 9.65. The summed E-state index contributed by atoms with van der Waals surface area (Å²) in [5, 5.41) is 0. The molecular weight excluding hydrogens is 392 g/mol. The van der Waals surface area contributed by atoms with Crippen molar-refractivity contribution in [1.82, 2.24) is 19.8 Å². The summed E-state index contributed by atoms with van der Waals surface area (Å²) in [5.74, 6) is 1.40. The van der Waals surface area contributed by atoms with Gasteiger partial charge in [0.05, 0.1) is 23.8 Å². The van der Waals surface area contributed by atoms with Crippen LogP contribution < -0.4 is 5.56 Å². The van der Waals surface area contributed by atoms with Crippen molar-refractivity contribution >= 4 is 11.8 Å². The number of carbonyl (C=O) groups is 2. The largest absolute Gasteiger partial charge is 0.338 e. The number of likely N-dealkylation sites (tertiary alicyclic amines) is 1. The molecule has 4 rings (SSSR count). The normalized spacial score (nSPS) is 23.0. The highest BCUT2D eigenvalue weighted by molar-refractivity contribution is 5.79. The predicted octanol–water partition coefficient (Wildman–Crippen LogP) is 3.33. The molecule has 7 heteroatoms. The fourth-order valence-electron chi connectivity index (χ4n) is 5.35. The zero-order valence-electron chi connectivity index (χ0n) is 19.0. The predicted molar refractivity (Wildman–Crippen MR) is 118 cm³/mol. The zero-order valence-corrected chi connectivity index (χ0v) is 19.0. The molecule has 0 bridgehead atoms. The van der Waals surface area contributed by atoms with Gasteiger partial charge in [0.2, 0.25) is 11.8 Å². The van der Waals surface area contributed by atoms with Crippen LogP contribution in [0.25, 0.3) is 0 Å². The topological polar surface area (TPSA) is 86.4 Å². The lowest BCUT2D eigenvalue weighted by molar-refractivity contribution is -0.136. The van der Waals surface area contributed by atoms with E-state index in [2.05, 4.69) is 4.98 Å². The van der Waals surface area contributed by atoms with Gasteiger partial charge in [0.25, 0.3) is 5.56 Å². The maximum Gasteiger partial charge on any atom is 0.256 e. The molecule has 0 radical (unpaired) electrons. The van der Waals surface area contributed by atoms with E-state index in [1.54, 1.807) is 0 Å². The Morgan fingerprint density at radius 1 is 1.13 bits per heavy atom. The van der Waals surface area contributed by atoms with Crippen molar-refractivity contribution in [2.45, 2.75) is 90.6 Å². The molecule has 2 amide bonds. The molecule has 1 aliphatic carbocycles. The highest BCUT2D eigenvalue weighted by atomic mass is 16.2. The first-order valence-corrected chi connectivity index (χ1v) is 12.2. The molecule has 1 aromatic heterocycles. The van der Waals surface area contributed by atoms with Gasteiger partial charge in [0, 0.05) is 31.8 Å². The molecule has 2 fully saturated rings. The monoisotopic (exact) mass is 428 g/mol. The van der Waals surface area contributed by atoms with E-state index in [4.69, 9.17) is 4.98 Å². The standard InChI is InChI=1S/C24H36N4O3/c1-3-16(2)24(31)28-12-7-10-20(28)22-25-19-11-13-27(15-18(19)23(30)26-22)21(29)14-17-8-5-4-6-9-17/h16-17,20H,3-15H2,1-2H3,(H,25,26,30)/t16-,20-/m0/s1. The smallest absolute Gasteiger partial charge is 0.256 e. The third-order valence-electron chi connectivity index (χ3n) is 7.51. The molecule has 170 valence electrons. The van der Waals surface area contributed by atoms with Crippen molar-refractivity contribution in [3.05, 3.63) is 27.4 Å². The second kappa shape index (κ2) is 9.53. The highest BCUT2D eigenvalue weighted by Gasteiger charge is 2.35. The van der Waals surface area contributed by atoms with Gasteiger partial charge in [-0.15, -0.1) is 0 Å². The van der Waals surface area contributed by atoms with E-state index in [9.17, 15) is 14.4 Å². The maximum absolute atomic E-state index is 12.9. The Morgan fingerprint density at radius 2 is 1.90 bits per heavy atom. The van der Waals surface area contributed by atoms with Gasteiger partial charge in [-0.3, -0.25) is 14.4 Å². The molecule has 0 aromatic carbocycles. The molecule has 0 spiro atoms. The third kappa shape index (κ3) is 4.70. The van der Waals surface area contributed by atoms with E-state index in [0.29, 0.717) is 43.2 Å². The first-order valence-electron chi connectivity index (χ1n) is 12.2. The molecule has 0 unspecified atom stereocenters. The summed E-state index contributed by atoms with van der Waals surface area (Å²) < 4.78 is 0. The first kappa shape index (κ1) is 22.0. The fourth-order valence-corrected chi connectivity index (χ4v) is 5.35. The van der Waals surface area contributed by atoms with Crippen LogP contribution in [0.3, 0.4) is 0 Å². The van der Waals surface area contributed by atoms with Gasteiger partial charge in [0.1, 0.15) is 5.82 Å². The van der Waals surface area contributed by atoms with E-state index in [0.717, 1.165) is 44.3 Å². The van der Waals surface area contributed by atoms with Gasteiger partial charge in [-0.1, -0.05) is 33.1 Å². The summed E-state index contributed by atoms with van der Waals surface area (Å²) in [4.78, 5) is 50.0. The number of aromatic amines is 1. The maximum atomic E-state index is 12.9. The molecule has 2 atom stereocenters. The van der Waals surface area contributed by atoms with E-state index < -0.39 is 0 Å². The average molecular weight is 429 g/mol. The number of aromatic nitrogens is 2. The minimum Gasteiger partial charge on any atom is -0.338 e. The zero-order chi connectivity index (χ0) is 22.0. The Labute approximate surface area is 184 Å². The molecule has 1 aromatic rings. The van der Waals surface area contributed by atoms with E-state index in [1.807, 2.05) is 23.6 Å². The fraction of sp³-hybridized carbons (Fsp3) is 0.750. The average Bonchev–Trinajstić information content (AvgIpc) is 3.28. The Balaban J connectivity index is 1.47. The van der Waals surface area contributed by atoms with Crippen LogP contribution in [0.15, 0.2) is 4.79 Å². The second-order valence-electron chi connectivity index (χ2n) is 9.65. The number of carbonyl (C=O) groups excluding carboxylic acids is 2. The van der Waals surface area contributed by atoms with Crippen molar-refractivity contribution in [3.63, 3.8) is 0 Å². The van der Waals surface area contributed by atoms with Gasteiger partial charge < -0.3 is 14.8 Å². The van der Waals surface area contributed by atoms with E-state index in [1.165, 1.54) is 19.3 Å². The van der Waals surface area contributed by atoms with Crippen molar-refractivity contribution in [1.29, 1.82) is 0 Å². The van der Waals surface area contributed by atoms with Gasteiger partial charge in [-0.2, -0.15) is 0 Å². The summed E-state index contributed by atoms with van der Waals surface area (Å²) >= 11 is 0. The molecule has 2 aliphatic heterocycles. The molecule has 3 aliphatic rings. The highest BCUT2D eigenvalue weighted by Crippen LogP contribution is 2.32. The third-order valence-corrected chi connectivity index (χ3v) is 7.51. The van der Waals surface area contributed by atoms with Crippen LogP contribution in [0.5, 0.6) is 0 Å². The summed E-state index contributed by atoms with van der Waals surface area (Å²) in [6.07, 6.45) is 9.81. The van der Waals surface area contributed by atoms with Crippen LogP contribution in [-0.4, -0.2) is 44.7 Å². The van der Waals surface area contributed by atoms with Crippen LogP contribution in [0.1, 0.15) is 94.8 Å². The lowest BCUT2D eigenvalue weighted by Gasteiger charge is -2.31. The number of hydrogen-bond acceptors (Lipinski definition) is 4. The number of amides is 2. The lowest BCUT2D eigenvalue weighted by Crippen LogP contribution is -2.41. The SMILES string of the molecule is CC[C@H](C)C(=O)N1CCC[C@H]1c1nc2c(c(=O)[nH]1)CN(C(=O)CC1CCCCC1)CC2. The minimum absolute atomic E-state index is 0.0197. The van der Waals surface area contributed by atoms with Gasteiger partial charge >= 0.3 is 0 Å². The van der Waals surface area contributed by atoms with Crippen LogP contribution in [-0.2, 0) is 22.6 Å². The molecule has 1 saturated carbocycles. The molecule has 7 nitrogen and oxygen atoms in total. The van der Waals surface area contributed by atoms with Crippen molar-refractivity contribution in [2.24, 2.45) is 11.8 Å². The summed E-state index contributed by atoms with van der Waals surface area (Å²) in [7, 11) is 0. The number of H-pyrrole nitrogens is 1. The van der Waals surface area contributed by atoms with Gasteiger partial charge in [0.15, 0.2) is 0 Å². The minimum atomic E-state index is -0.155. The Kier molecular flexibility index (Phi) is 6.77. The van der Waals surface area contributed by atoms with E-state index >= 15 is 0 Å². The van der Waals surface area contributed by atoms with Gasteiger partial charge in [-0.25, -0.2) is 4.98 Å². The molecule has 1 saturated heterocycles. The van der Waals surface area contributed by atoms with E-state index in [-0.39, 0.29) is 29.3 Å².